The molecule has 0 aromatic carbocycles. The van der Waals surface area contributed by atoms with Crippen LogP contribution in [0.2, 0.25) is 0 Å². The lowest BCUT2D eigenvalue weighted by Gasteiger charge is -2.27. The highest BCUT2D eigenvalue weighted by Gasteiger charge is 2.44. The minimum Gasteiger partial charge on any atom is -0.411 e. The number of hydrogen-bond acceptors (Lipinski definition) is 7. The summed E-state index contributed by atoms with van der Waals surface area (Å²) in [6, 6.07) is 0. The number of nitrogens with zero attached hydrogens (tertiary/aromatic N) is 3. The van der Waals surface area contributed by atoms with E-state index in [0.717, 1.165) is 24.6 Å². The molecule has 3 heterocycles. The summed E-state index contributed by atoms with van der Waals surface area (Å²) in [7, 11) is 0. The molecule has 25 heavy (non-hydrogen) atoms. The zero-order valence-corrected chi connectivity index (χ0v) is 13.9. The molecule has 10 heteroatoms. The average molecular weight is 375 g/mol. The van der Waals surface area contributed by atoms with E-state index >= 15 is 0 Å². The van der Waals surface area contributed by atoms with Crippen molar-refractivity contribution in [3.05, 3.63) is 17.0 Å². The molecule has 2 fully saturated rings. The second kappa shape index (κ2) is 6.40. The van der Waals surface area contributed by atoms with Gasteiger partial charge in [-0.25, -0.2) is 9.97 Å². The molecular formula is C15H16F3N3O3S. The molecule has 4 rings (SSSR count). The Morgan fingerprint density at radius 1 is 1.20 bits per heavy atom. The molecule has 136 valence electrons. The first-order valence-corrected chi connectivity index (χ1v) is 8.95. The van der Waals surface area contributed by atoms with E-state index in [2.05, 4.69) is 15.1 Å². The summed E-state index contributed by atoms with van der Waals surface area (Å²) in [6.45, 7) is 0.304. The van der Waals surface area contributed by atoms with Crippen LogP contribution in [0.3, 0.4) is 0 Å². The third-order valence-corrected chi connectivity index (χ3v) is 5.79. The van der Waals surface area contributed by atoms with Crippen molar-refractivity contribution in [3.63, 3.8) is 0 Å². The third-order valence-electron chi connectivity index (χ3n) is 4.62. The zero-order chi connectivity index (χ0) is 17.6. The monoisotopic (exact) mass is 375 g/mol. The Labute approximate surface area is 145 Å². The van der Waals surface area contributed by atoms with Crippen molar-refractivity contribution in [2.45, 2.75) is 61.1 Å². The number of rotatable bonds is 2. The van der Waals surface area contributed by atoms with Gasteiger partial charge in [-0.3, -0.25) is 0 Å². The molecule has 2 bridgehead atoms. The first-order valence-electron chi connectivity index (χ1n) is 8.07. The molecule has 1 aliphatic carbocycles. The fourth-order valence-electron chi connectivity index (χ4n) is 3.42. The van der Waals surface area contributed by atoms with Gasteiger partial charge < -0.3 is 14.7 Å². The van der Waals surface area contributed by atoms with Crippen molar-refractivity contribution >= 4 is 17.5 Å². The van der Waals surface area contributed by atoms with Crippen LogP contribution in [0.25, 0.3) is 0 Å². The number of alkyl halides is 3. The van der Waals surface area contributed by atoms with Crippen LogP contribution >= 0.6 is 11.8 Å². The molecule has 2 saturated heterocycles. The lowest BCUT2D eigenvalue weighted by atomic mass is 9.94. The minimum atomic E-state index is -4.50. The Kier molecular flexibility index (Phi) is 4.37. The Morgan fingerprint density at radius 2 is 2.00 bits per heavy atom. The van der Waals surface area contributed by atoms with Crippen molar-refractivity contribution in [1.82, 2.24) is 9.97 Å². The van der Waals surface area contributed by atoms with Gasteiger partial charge in [0, 0.05) is 22.9 Å². The van der Waals surface area contributed by atoms with Gasteiger partial charge in [0.05, 0.1) is 12.7 Å². The van der Waals surface area contributed by atoms with Crippen LogP contribution < -0.4 is 0 Å². The summed E-state index contributed by atoms with van der Waals surface area (Å²) in [5.41, 5.74) is 0.225. The highest BCUT2D eigenvalue weighted by Crippen LogP contribution is 2.39. The van der Waals surface area contributed by atoms with Crippen LogP contribution in [-0.4, -0.2) is 45.1 Å². The molecular weight excluding hydrogens is 359 g/mol. The summed E-state index contributed by atoms with van der Waals surface area (Å²) < 4.78 is 51.2. The van der Waals surface area contributed by atoms with Crippen LogP contribution in [0.5, 0.6) is 0 Å². The van der Waals surface area contributed by atoms with E-state index in [9.17, 15) is 13.2 Å². The lowest BCUT2D eigenvalue weighted by molar-refractivity contribution is -0.142. The number of aromatic nitrogens is 2. The quantitative estimate of drug-likeness (QED) is 0.487. The van der Waals surface area contributed by atoms with E-state index in [4.69, 9.17) is 14.7 Å². The van der Waals surface area contributed by atoms with Gasteiger partial charge in [-0.1, -0.05) is 16.9 Å². The Bertz CT molecular complexity index is 713. The number of aryl methyl sites for hydroxylation is 1. The lowest BCUT2D eigenvalue weighted by Crippen LogP contribution is -2.37. The van der Waals surface area contributed by atoms with Gasteiger partial charge in [0.1, 0.15) is 5.71 Å². The minimum absolute atomic E-state index is 0.0872. The van der Waals surface area contributed by atoms with Crippen molar-refractivity contribution in [2.75, 3.05) is 6.61 Å². The summed E-state index contributed by atoms with van der Waals surface area (Å²) >= 11 is 1.13. The van der Waals surface area contributed by atoms with Gasteiger partial charge in [-0.05, 0) is 25.7 Å². The molecule has 3 aliphatic rings. The molecule has 0 saturated carbocycles. The molecule has 1 aromatic rings. The number of oxime groups is 1. The van der Waals surface area contributed by atoms with Crippen LogP contribution in [-0.2, 0) is 28.5 Å². The fraction of sp³-hybridized carbons (Fsp3) is 0.667. The number of fused-ring (bicyclic) bond motifs is 3. The summed E-state index contributed by atoms with van der Waals surface area (Å²) in [5.74, 6) is 0. The van der Waals surface area contributed by atoms with Gasteiger partial charge in [0.25, 0.3) is 0 Å². The molecule has 0 amide bonds. The van der Waals surface area contributed by atoms with Gasteiger partial charge in [-0.15, -0.1) is 0 Å². The molecule has 3 atom stereocenters. The summed E-state index contributed by atoms with van der Waals surface area (Å²) in [4.78, 5) is 8.18. The molecule has 0 spiro atoms. The van der Waals surface area contributed by atoms with E-state index in [0.29, 0.717) is 37.3 Å². The number of hydrogen-bond donors (Lipinski definition) is 1. The zero-order valence-electron chi connectivity index (χ0n) is 13.1. The normalized spacial score (nSPS) is 30.5. The van der Waals surface area contributed by atoms with E-state index in [-0.39, 0.29) is 22.1 Å². The maximum atomic E-state index is 13.4. The molecule has 0 radical (unpaired) electrons. The first kappa shape index (κ1) is 17.0. The molecule has 1 N–H and O–H groups in total. The van der Waals surface area contributed by atoms with Crippen LogP contribution in [0.4, 0.5) is 13.2 Å². The first-order chi connectivity index (χ1) is 12.0. The van der Waals surface area contributed by atoms with Crippen molar-refractivity contribution < 1.29 is 27.9 Å². The van der Waals surface area contributed by atoms with Crippen LogP contribution in [0.15, 0.2) is 10.3 Å². The topological polar surface area (TPSA) is 76.8 Å². The summed E-state index contributed by atoms with van der Waals surface area (Å²) in [5, 5.41) is 12.1. The maximum Gasteiger partial charge on any atom is 0.433 e. The standard InChI is InChI=1S/C15H16F3N3O3S/c16-15(17,18)12-7-3-1-2-4-8(7)19-14(20-12)25-11-5-9(21-22)13-23-6-10(11)24-13/h10-11,13,22H,1-6H2/b21-9-/t10-,11-,13+/m1/s1. The number of ether oxygens (including phenoxy) is 2. The van der Waals surface area contributed by atoms with Gasteiger partial charge in [0.15, 0.2) is 10.9 Å². The molecule has 0 unspecified atom stereocenters. The largest absolute Gasteiger partial charge is 0.433 e. The SMILES string of the molecule is O/N=C1/C[C@@H](Sc2nc3c(c(C(F)(F)F)n2)CCCC3)[C@H]2CO[C@H]1O2. The molecule has 1 aromatic heterocycles. The Balaban J connectivity index is 1.64. The van der Waals surface area contributed by atoms with E-state index in [1.54, 1.807) is 0 Å². The molecule has 6 nitrogen and oxygen atoms in total. The van der Waals surface area contributed by atoms with Gasteiger partial charge in [0.2, 0.25) is 6.29 Å². The van der Waals surface area contributed by atoms with E-state index in [1.807, 2.05) is 0 Å². The highest BCUT2D eigenvalue weighted by molar-refractivity contribution is 7.99. The highest BCUT2D eigenvalue weighted by atomic mass is 32.2. The van der Waals surface area contributed by atoms with Gasteiger partial charge >= 0.3 is 6.18 Å². The number of halogens is 3. The van der Waals surface area contributed by atoms with E-state index in [1.165, 1.54) is 0 Å². The maximum absolute atomic E-state index is 13.4. The predicted molar refractivity (Wildman–Crippen MR) is 81.8 cm³/mol. The average Bonchev–Trinajstić information content (AvgIpc) is 3.01. The van der Waals surface area contributed by atoms with E-state index < -0.39 is 18.2 Å². The fourth-order valence-corrected chi connectivity index (χ4v) is 4.55. The second-order valence-electron chi connectivity index (χ2n) is 6.28. The van der Waals surface area contributed by atoms with Crippen molar-refractivity contribution in [2.24, 2.45) is 5.16 Å². The van der Waals surface area contributed by atoms with Crippen molar-refractivity contribution in [3.8, 4) is 0 Å². The summed E-state index contributed by atoms with van der Waals surface area (Å²) in [6.07, 6.45) is -2.64. The number of thioether (sulfide) groups is 1. The second-order valence-corrected chi connectivity index (χ2v) is 7.48. The van der Waals surface area contributed by atoms with Gasteiger partial charge in [-0.2, -0.15) is 13.2 Å². The molecule has 2 aliphatic heterocycles. The van der Waals surface area contributed by atoms with Crippen LogP contribution in [0.1, 0.15) is 36.2 Å². The Morgan fingerprint density at radius 3 is 2.76 bits per heavy atom. The smallest absolute Gasteiger partial charge is 0.411 e. The van der Waals surface area contributed by atoms with Crippen LogP contribution in [0, 0.1) is 0 Å². The third kappa shape index (κ3) is 3.22. The van der Waals surface area contributed by atoms with Crippen molar-refractivity contribution in [1.29, 1.82) is 0 Å². The Hall–Kier alpha value is -1.39. The predicted octanol–water partition coefficient (Wildman–Crippen LogP) is 2.81.